The van der Waals surface area contributed by atoms with Gasteiger partial charge in [0.25, 0.3) is 0 Å². The summed E-state index contributed by atoms with van der Waals surface area (Å²) in [6.07, 6.45) is -0.489. The molecular weight excluding hydrogens is 615 g/mol. The Balaban J connectivity index is 1.11. The molecule has 0 saturated carbocycles. The highest BCUT2D eigenvalue weighted by Gasteiger charge is 2.24. The number of benzene rings is 7. The fourth-order valence-corrected chi connectivity index (χ4v) is 7.08. The lowest BCUT2D eigenvalue weighted by atomic mass is 9.98. The van der Waals surface area contributed by atoms with Gasteiger partial charge in [-0.2, -0.15) is 0 Å². The Morgan fingerprint density at radius 1 is 0.380 bits per heavy atom. The van der Waals surface area contributed by atoms with Crippen LogP contribution in [-0.4, -0.2) is 11.7 Å². The minimum absolute atomic E-state index is 0.489. The molecule has 1 N–H and O–H groups in total. The quantitative estimate of drug-likeness (QED) is 0.203. The van der Waals surface area contributed by atoms with Gasteiger partial charge in [-0.05, 0) is 58.7 Å². The zero-order valence-electron chi connectivity index (χ0n) is 26.9. The first-order chi connectivity index (χ1) is 24.7. The Morgan fingerprint density at radius 3 is 1.62 bits per heavy atom. The predicted molar refractivity (Wildman–Crippen MR) is 204 cm³/mol. The van der Waals surface area contributed by atoms with Crippen LogP contribution < -0.4 is 5.32 Å². The zero-order valence-corrected chi connectivity index (χ0v) is 26.9. The topological polar surface area (TPSA) is 63.0 Å². The van der Waals surface area contributed by atoms with Gasteiger partial charge in [0.1, 0.15) is 34.0 Å². The van der Waals surface area contributed by atoms with E-state index in [0.717, 1.165) is 88.9 Å². The van der Waals surface area contributed by atoms with Crippen molar-refractivity contribution >= 4 is 55.5 Å². The van der Waals surface area contributed by atoms with Gasteiger partial charge in [-0.15, -0.1) is 0 Å². The monoisotopic (exact) mass is 643 g/mol. The number of aliphatic imine (C=N–C) groups is 2. The van der Waals surface area contributed by atoms with Crippen LogP contribution in [0.5, 0.6) is 0 Å². The molecule has 0 spiro atoms. The van der Waals surface area contributed by atoms with Crippen LogP contribution in [0.25, 0.3) is 66.1 Å². The van der Waals surface area contributed by atoms with Crippen LogP contribution in [0.3, 0.4) is 0 Å². The highest BCUT2D eigenvalue weighted by Crippen LogP contribution is 2.40. The summed E-state index contributed by atoms with van der Waals surface area (Å²) in [7, 11) is 0. The van der Waals surface area contributed by atoms with E-state index in [-0.39, 0.29) is 0 Å². The van der Waals surface area contributed by atoms with Crippen LogP contribution in [0, 0.1) is 0 Å². The van der Waals surface area contributed by atoms with Gasteiger partial charge < -0.3 is 14.2 Å². The Morgan fingerprint density at radius 2 is 0.880 bits per heavy atom. The molecule has 0 aliphatic carbocycles. The molecule has 1 unspecified atom stereocenters. The fourth-order valence-electron chi connectivity index (χ4n) is 7.08. The molecule has 50 heavy (non-hydrogen) atoms. The Kier molecular flexibility index (Phi) is 6.49. The summed E-state index contributed by atoms with van der Waals surface area (Å²) in [6.45, 7) is 0. The van der Waals surface area contributed by atoms with Crippen molar-refractivity contribution < 1.29 is 8.83 Å². The first kappa shape index (κ1) is 28.3. The number of fused-ring (bicyclic) bond motifs is 6. The fraction of sp³-hybridized carbons (Fsp3) is 0.0222. The molecule has 0 saturated heterocycles. The molecule has 236 valence electrons. The summed E-state index contributed by atoms with van der Waals surface area (Å²) >= 11 is 0. The number of nitrogens with one attached hydrogen (secondary N) is 1. The third-order valence-electron chi connectivity index (χ3n) is 9.57. The second-order valence-electron chi connectivity index (χ2n) is 12.6. The van der Waals surface area contributed by atoms with E-state index in [0.29, 0.717) is 0 Å². The van der Waals surface area contributed by atoms with Crippen molar-refractivity contribution in [2.75, 3.05) is 0 Å². The minimum Gasteiger partial charge on any atom is -0.456 e. The molecule has 1 aliphatic heterocycles. The molecule has 2 aromatic heterocycles. The number of furan rings is 2. The minimum atomic E-state index is -0.489. The smallest absolute Gasteiger partial charge is 0.170 e. The zero-order chi connectivity index (χ0) is 33.0. The maximum atomic E-state index is 6.44. The molecule has 0 fully saturated rings. The molecule has 1 atom stereocenters. The molecular formula is C45H29N3O2. The second-order valence-corrected chi connectivity index (χ2v) is 12.6. The van der Waals surface area contributed by atoms with Gasteiger partial charge in [0.2, 0.25) is 0 Å². The number of rotatable bonds is 5. The maximum absolute atomic E-state index is 6.44. The Hall–Kier alpha value is -6.72. The molecule has 0 amide bonds. The summed E-state index contributed by atoms with van der Waals surface area (Å²) in [6, 6.07) is 56.4. The summed E-state index contributed by atoms with van der Waals surface area (Å²) < 4.78 is 12.5. The number of amidine groups is 2. The third kappa shape index (κ3) is 4.79. The van der Waals surface area contributed by atoms with E-state index in [1.807, 2.05) is 48.5 Å². The Labute approximate surface area is 287 Å². The van der Waals surface area contributed by atoms with Gasteiger partial charge >= 0.3 is 0 Å². The number of nitrogens with zero attached hydrogens (tertiary/aromatic N) is 2. The molecule has 5 heteroatoms. The van der Waals surface area contributed by atoms with E-state index in [1.165, 1.54) is 5.56 Å². The standard InChI is InChI=1S/C45H29N3O2/c1-3-10-28(11-4-1)29-18-20-31(21-19-29)44-46-43(30-12-5-2-6-13-30)47-45(48-44)35-15-9-17-41-42(35)37-27-33(23-25-40(37)50-41)32-22-24-39-36(26-32)34-14-7-8-16-38(34)49-39/h1-27,45H,(H,46,47,48). The number of hydrogen-bond donors (Lipinski definition) is 1. The average molecular weight is 644 g/mol. The normalized spacial score (nSPS) is 14.6. The summed E-state index contributed by atoms with van der Waals surface area (Å²) in [5.41, 5.74) is 10.9. The largest absolute Gasteiger partial charge is 0.456 e. The second kappa shape index (κ2) is 11.5. The van der Waals surface area contributed by atoms with Crippen molar-refractivity contribution in [3.05, 3.63) is 180 Å². The number of hydrogen-bond acceptors (Lipinski definition) is 5. The van der Waals surface area contributed by atoms with Crippen molar-refractivity contribution in [3.8, 4) is 22.3 Å². The van der Waals surface area contributed by atoms with Crippen molar-refractivity contribution in [1.29, 1.82) is 0 Å². The van der Waals surface area contributed by atoms with E-state index in [9.17, 15) is 0 Å². The lowest BCUT2D eigenvalue weighted by molar-refractivity contribution is 0.667. The summed E-state index contributed by atoms with van der Waals surface area (Å²) in [5, 5.41) is 7.82. The van der Waals surface area contributed by atoms with Crippen LogP contribution in [0.4, 0.5) is 0 Å². The number of para-hydroxylation sites is 1. The van der Waals surface area contributed by atoms with Crippen molar-refractivity contribution in [2.45, 2.75) is 6.17 Å². The van der Waals surface area contributed by atoms with E-state index in [4.69, 9.17) is 18.8 Å². The lowest BCUT2D eigenvalue weighted by Gasteiger charge is -2.23. The molecule has 0 radical (unpaired) electrons. The molecule has 3 heterocycles. The van der Waals surface area contributed by atoms with Crippen molar-refractivity contribution in [2.24, 2.45) is 9.98 Å². The van der Waals surface area contributed by atoms with Gasteiger partial charge in [-0.3, -0.25) is 0 Å². The molecule has 1 aliphatic rings. The van der Waals surface area contributed by atoms with Crippen molar-refractivity contribution in [3.63, 3.8) is 0 Å². The molecule has 9 aromatic rings. The van der Waals surface area contributed by atoms with E-state index in [2.05, 4.69) is 121 Å². The van der Waals surface area contributed by atoms with Crippen LogP contribution >= 0.6 is 0 Å². The first-order valence-electron chi connectivity index (χ1n) is 16.8. The predicted octanol–water partition coefficient (Wildman–Crippen LogP) is 11.3. The van der Waals surface area contributed by atoms with E-state index in [1.54, 1.807) is 0 Å². The molecule has 5 nitrogen and oxygen atoms in total. The van der Waals surface area contributed by atoms with Crippen LogP contribution in [0.2, 0.25) is 0 Å². The van der Waals surface area contributed by atoms with E-state index >= 15 is 0 Å². The van der Waals surface area contributed by atoms with Gasteiger partial charge in [-0.1, -0.05) is 127 Å². The highest BCUT2D eigenvalue weighted by molar-refractivity contribution is 6.16. The van der Waals surface area contributed by atoms with Crippen LogP contribution in [0.1, 0.15) is 22.9 Å². The van der Waals surface area contributed by atoms with Crippen molar-refractivity contribution in [1.82, 2.24) is 5.32 Å². The molecule has 7 aromatic carbocycles. The van der Waals surface area contributed by atoms with E-state index < -0.39 is 6.17 Å². The molecule has 0 bridgehead atoms. The third-order valence-corrected chi connectivity index (χ3v) is 9.57. The van der Waals surface area contributed by atoms with Crippen LogP contribution in [-0.2, 0) is 0 Å². The summed E-state index contributed by atoms with van der Waals surface area (Å²) in [5.74, 6) is 1.55. The average Bonchev–Trinajstić information content (AvgIpc) is 3.76. The van der Waals surface area contributed by atoms with Crippen LogP contribution in [0.15, 0.2) is 183 Å². The van der Waals surface area contributed by atoms with Gasteiger partial charge in [0, 0.05) is 38.2 Å². The summed E-state index contributed by atoms with van der Waals surface area (Å²) in [4.78, 5) is 10.4. The highest BCUT2D eigenvalue weighted by atomic mass is 16.3. The SMILES string of the molecule is c1ccc(C2=NC(c3cccc4oc5ccc(-c6ccc7oc8ccccc8c7c6)cc5c34)N=C(c3ccc(-c4ccccc4)cc3)N2)cc1. The van der Waals surface area contributed by atoms with Gasteiger partial charge in [0.05, 0.1) is 0 Å². The lowest BCUT2D eigenvalue weighted by Crippen LogP contribution is -2.36. The Bertz CT molecular complexity index is 2770. The van der Waals surface area contributed by atoms with Gasteiger partial charge in [0.15, 0.2) is 6.17 Å². The maximum Gasteiger partial charge on any atom is 0.170 e. The van der Waals surface area contributed by atoms with Gasteiger partial charge in [-0.25, -0.2) is 9.98 Å². The first-order valence-corrected chi connectivity index (χ1v) is 16.8. The molecule has 10 rings (SSSR count).